The zero-order valence-electron chi connectivity index (χ0n) is 11.3. The van der Waals surface area contributed by atoms with Gasteiger partial charge in [0.2, 0.25) is 10.0 Å². The second-order valence-electron chi connectivity index (χ2n) is 5.00. The number of nitrogens with zero attached hydrogens (tertiary/aromatic N) is 1. The summed E-state index contributed by atoms with van der Waals surface area (Å²) >= 11 is 0. The first-order chi connectivity index (χ1) is 9.75. The Bertz CT molecular complexity index is 675. The number of carboxylic acids is 1. The highest BCUT2D eigenvalue weighted by molar-refractivity contribution is 7.89. The molecule has 0 saturated carbocycles. The molecule has 1 aliphatic rings. The first-order valence-corrected chi connectivity index (χ1v) is 7.89. The van der Waals surface area contributed by atoms with Crippen molar-refractivity contribution in [2.45, 2.75) is 37.1 Å². The standard InChI is InChI=1S/C13H15F2NO4S/c1-8-6-10(15)12(7-9(8)14)21(19,20)16-5-3-2-4-11(16)13(17)18/h6-7,11H,2-5H2,1H3,(H,17,18). The van der Waals surface area contributed by atoms with E-state index in [1.165, 1.54) is 6.92 Å². The van der Waals surface area contributed by atoms with Gasteiger partial charge in [-0.3, -0.25) is 4.79 Å². The lowest BCUT2D eigenvalue weighted by Gasteiger charge is -2.31. The van der Waals surface area contributed by atoms with Crippen LogP contribution in [0.5, 0.6) is 0 Å². The van der Waals surface area contributed by atoms with E-state index in [2.05, 4.69) is 0 Å². The lowest BCUT2D eigenvalue weighted by atomic mass is 10.1. The fourth-order valence-electron chi connectivity index (χ4n) is 2.39. The second-order valence-corrected chi connectivity index (χ2v) is 6.86. The van der Waals surface area contributed by atoms with Crippen LogP contribution in [-0.2, 0) is 14.8 Å². The molecule has 1 aliphatic heterocycles. The van der Waals surface area contributed by atoms with Gasteiger partial charge in [-0.05, 0) is 43.9 Å². The van der Waals surface area contributed by atoms with E-state index in [1.807, 2.05) is 0 Å². The molecule has 0 aliphatic carbocycles. The number of hydrogen-bond acceptors (Lipinski definition) is 3. The zero-order chi connectivity index (χ0) is 15.8. The Labute approximate surface area is 121 Å². The fourth-order valence-corrected chi connectivity index (χ4v) is 4.10. The van der Waals surface area contributed by atoms with Gasteiger partial charge in [0, 0.05) is 6.54 Å². The zero-order valence-corrected chi connectivity index (χ0v) is 12.2. The number of halogens is 2. The third-order valence-electron chi connectivity index (χ3n) is 3.54. The first-order valence-electron chi connectivity index (χ1n) is 6.45. The maximum absolute atomic E-state index is 13.9. The molecule has 1 unspecified atom stereocenters. The van der Waals surface area contributed by atoms with Crippen LogP contribution in [0.1, 0.15) is 24.8 Å². The van der Waals surface area contributed by atoms with Gasteiger partial charge in [0.25, 0.3) is 0 Å². The third-order valence-corrected chi connectivity index (χ3v) is 5.46. The highest BCUT2D eigenvalue weighted by atomic mass is 32.2. The van der Waals surface area contributed by atoms with Crippen LogP contribution in [0.25, 0.3) is 0 Å². The average molecular weight is 319 g/mol. The molecule has 21 heavy (non-hydrogen) atoms. The first kappa shape index (κ1) is 15.8. The van der Waals surface area contributed by atoms with Crippen LogP contribution in [0.2, 0.25) is 0 Å². The summed E-state index contributed by atoms with van der Waals surface area (Å²) in [4.78, 5) is 10.4. The molecule has 0 spiro atoms. The van der Waals surface area contributed by atoms with Gasteiger partial charge in [0.15, 0.2) is 0 Å². The lowest BCUT2D eigenvalue weighted by molar-refractivity contribution is -0.142. The SMILES string of the molecule is Cc1cc(F)c(S(=O)(=O)N2CCCCC2C(=O)O)cc1F. The summed E-state index contributed by atoms with van der Waals surface area (Å²) in [6, 6.07) is 0.155. The number of benzene rings is 1. The second kappa shape index (κ2) is 5.69. The molecule has 0 radical (unpaired) electrons. The number of carbonyl (C=O) groups is 1. The Morgan fingerprint density at radius 1 is 1.29 bits per heavy atom. The summed E-state index contributed by atoms with van der Waals surface area (Å²) < 4.78 is 53.1. The lowest BCUT2D eigenvalue weighted by Crippen LogP contribution is -2.48. The Hall–Kier alpha value is -1.54. The van der Waals surface area contributed by atoms with Crippen LogP contribution in [0, 0.1) is 18.6 Å². The molecule has 1 fully saturated rings. The van der Waals surface area contributed by atoms with Crippen LogP contribution in [0.4, 0.5) is 8.78 Å². The van der Waals surface area contributed by atoms with E-state index in [1.54, 1.807) is 0 Å². The van der Waals surface area contributed by atoms with Gasteiger partial charge in [-0.25, -0.2) is 17.2 Å². The number of piperidine rings is 1. The molecular formula is C13H15F2NO4S. The molecule has 8 heteroatoms. The minimum atomic E-state index is -4.39. The number of sulfonamides is 1. The van der Waals surface area contributed by atoms with E-state index in [4.69, 9.17) is 5.11 Å². The summed E-state index contributed by atoms with van der Waals surface area (Å²) in [5.74, 6) is -3.21. The molecule has 0 bridgehead atoms. The van der Waals surface area contributed by atoms with Crippen molar-refractivity contribution in [1.29, 1.82) is 0 Å². The van der Waals surface area contributed by atoms with Gasteiger partial charge < -0.3 is 5.11 Å². The number of aryl methyl sites for hydroxylation is 1. The van der Waals surface area contributed by atoms with E-state index in [0.29, 0.717) is 18.9 Å². The van der Waals surface area contributed by atoms with Crippen molar-refractivity contribution in [2.75, 3.05) is 6.54 Å². The van der Waals surface area contributed by atoms with Gasteiger partial charge in [0.1, 0.15) is 22.6 Å². The monoisotopic (exact) mass is 319 g/mol. The molecule has 116 valence electrons. The predicted molar refractivity (Wildman–Crippen MR) is 70.3 cm³/mol. The Morgan fingerprint density at radius 2 is 1.95 bits per heavy atom. The van der Waals surface area contributed by atoms with Crippen LogP contribution < -0.4 is 0 Å². The smallest absolute Gasteiger partial charge is 0.322 e. The summed E-state index contributed by atoms with van der Waals surface area (Å²) in [5.41, 5.74) is -0.0140. The van der Waals surface area contributed by atoms with E-state index >= 15 is 0 Å². The molecule has 1 aromatic carbocycles. The highest BCUT2D eigenvalue weighted by Crippen LogP contribution is 2.28. The molecule has 1 saturated heterocycles. The van der Waals surface area contributed by atoms with Gasteiger partial charge in [-0.1, -0.05) is 0 Å². The number of rotatable bonds is 3. The number of hydrogen-bond donors (Lipinski definition) is 1. The molecule has 0 amide bonds. The third kappa shape index (κ3) is 2.91. The summed E-state index contributed by atoms with van der Waals surface area (Å²) in [6.45, 7) is 1.30. The average Bonchev–Trinajstić information content (AvgIpc) is 2.42. The van der Waals surface area contributed by atoms with E-state index < -0.39 is 38.6 Å². The maximum atomic E-state index is 13.9. The van der Waals surface area contributed by atoms with Crippen molar-refractivity contribution in [1.82, 2.24) is 4.31 Å². The van der Waals surface area contributed by atoms with Gasteiger partial charge in [-0.15, -0.1) is 0 Å². The molecule has 1 aromatic rings. The van der Waals surface area contributed by atoms with Gasteiger partial charge >= 0.3 is 5.97 Å². The molecule has 1 heterocycles. The maximum Gasteiger partial charge on any atom is 0.322 e. The van der Waals surface area contributed by atoms with Crippen LogP contribution >= 0.6 is 0 Å². The molecule has 2 rings (SSSR count). The number of carboxylic acid groups (broad SMARTS) is 1. The van der Waals surface area contributed by atoms with E-state index in [0.717, 1.165) is 10.4 Å². The molecule has 1 atom stereocenters. The van der Waals surface area contributed by atoms with E-state index in [-0.39, 0.29) is 18.5 Å². The highest BCUT2D eigenvalue weighted by Gasteiger charge is 2.39. The van der Waals surface area contributed by atoms with Crippen molar-refractivity contribution < 1.29 is 27.1 Å². The number of aliphatic carboxylic acids is 1. The van der Waals surface area contributed by atoms with Crippen molar-refractivity contribution in [3.63, 3.8) is 0 Å². The van der Waals surface area contributed by atoms with Gasteiger partial charge in [-0.2, -0.15) is 4.31 Å². The van der Waals surface area contributed by atoms with Crippen molar-refractivity contribution >= 4 is 16.0 Å². The van der Waals surface area contributed by atoms with Crippen LogP contribution in [0.15, 0.2) is 17.0 Å². The normalized spacial score (nSPS) is 20.4. The minimum Gasteiger partial charge on any atom is -0.480 e. The Kier molecular flexibility index (Phi) is 4.29. The molecule has 5 nitrogen and oxygen atoms in total. The predicted octanol–water partition coefficient (Wildman–Crippen LogP) is 1.90. The summed E-state index contributed by atoms with van der Waals surface area (Å²) in [6.07, 6.45) is 1.22. The molecule has 0 aromatic heterocycles. The fraction of sp³-hybridized carbons (Fsp3) is 0.462. The quantitative estimate of drug-likeness (QED) is 0.923. The van der Waals surface area contributed by atoms with Gasteiger partial charge in [0.05, 0.1) is 0 Å². The van der Waals surface area contributed by atoms with Crippen molar-refractivity contribution in [2.24, 2.45) is 0 Å². The van der Waals surface area contributed by atoms with Crippen molar-refractivity contribution in [3.05, 3.63) is 29.3 Å². The van der Waals surface area contributed by atoms with E-state index in [9.17, 15) is 22.0 Å². The minimum absolute atomic E-state index is 0.0140. The largest absolute Gasteiger partial charge is 0.480 e. The Balaban J connectivity index is 2.50. The molecular weight excluding hydrogens is 304 g/mol. The van der Waals surface area contributed by atoms with Crippen LogP contribution in [0.3, 0.4) is 0 Å². The summed E-state index contributed by atoms with van der Waals surface area (Å²) in [7, 11) is -4.39. The Morgan fingerprint density at radius 3 is 2.57 bits per heavy atom. The summed E-state index contributed by atoms with van der Waals surface area (Å²) in [5, 5.41) is 9.11. The van der Waals surface area contributed by atoms with Crippen LogP contribution in [-0.4, -0.2) is 36.4 Å². The topological polar surface area (TPSA) is 74.7 Å². The molecule has 1 N–H and O–H groups in total. The van der Waals surface area contributed by atoms with Crippen molar-refractivity contribution in [3.8, 4) is 0 Å².